The number of hydrogen-bond acceptors (Lipinski definition) is 6. The van der Waals surface area contributed by atoms with Crippen LogP contribution in [0.25, 0.3) is 0 Å². The SMILES string of the molecule is COC(=O)c1ncn2c1C(=O)N(c1cccc(OC)c1)[C@](C)(C(=O)NC1CCCCC1)C2. The molecule has 4 rings (SSSR count). The normalized spacial score (nSPS) is 21.1. The summed E-state index contributed by atoms with van der Waals surface area (Å²) >= 11 is 0. The zero-order valence-electron chi connectivity index (χ0n) is 18.6. The van der Waals surface area contributed by atoms with Crippen LogP contribution in [0.1, 0.15) is 60.0 Å². The Labute approximate surface area is 186 Å². The number of imidazole rings is 1. The first-order chi connectivity index (χ1) is 15.4. The van der Waals surface area contributed by atoms with Crippen molar-refractivity contribution in [1.29, 1.82) is 0 Å². The molecule has 1 aliphatic carbocycles. The first-order valence-corrected chi connectivity index (χ1v) is 10.8. The van der Waals surface area contributed by atoms with Crippen LogP contribution in [0.5, 0.6) is 5.75 Å². The van der Waals surface area contributed by atoms with Gasteiger partial charge in [-0.2, -0.15) is 0 Å². The average molecular weight is 441 g/mol. The molecule has 0 spiro atoms. The van der Waals surface area contributed by atoms with Crippen LogP contribution < -0.4 is 15.0 Å². The fraction of sp³-hybridized carbons (Fsp3) is 0.478. The third-order valence-electron chi connectivity index (χ3n) is 6.33. The molecular formula is C23H28N4O5. The second kappa shape index (κ2) is 8.64. The summed E-state index contributed by atoms with van der Waals surface area (Å²) < 4.78 is 11.7. The van der Waals surface area contributed by atoms with Crippen molar-refractivity contribution < 1.29 is 23.9 Å². The van der Waals surface area contributed by atoms with E-state index in [9.17, 15) is 14.4 Å². The summed E-state index contributed by atoms with van der Waals surface area (Å²) in [5.41, 5.74) is -0.705. The maximum Gasteiger partial charge on any atom is 0.359 e. The number of ether oxygens (including phenoxy) is 2. The van der Waals surface area contributed by atoms with E-state index in [0.717, 1.165) is 25.7 Å². The van der Waals surface area contributed by atoms with E-state index >= 15 is 0 Å². The number of nitrogens with one attached hydrogen (secondary N) is 1. The number of fused-ring (bicyclic) bond motifs is 1. The van der Waals surface area contributed by atoms with Gasteiger partial charge in [0.15, 0.2) is 5.69 Å². The van der Waals surface area contributed by atoms with Gasteiger partial charge in [-0.15, -0.1) is 0 Å². The Morgan fingerprint density at radius 1 is 1.19 bits per heavy atom. The van der Waals surface area contributed by atoms with Gasteiger partial charge in [0.25, 0.3) is 5.91 Å². The number of anilines is 1. The Hall–Kier alpha value is -3.36. The molecule has 1 aromatic heterocycles. The van der Waals surface area contributed by atoms with Crippen molar-refractivity contribution in [1.82, 2.24) is 14.9 Å². The molecule has 0 saturated heterocycles. The number of carbonyl (C=O) groups is 3. The zero-order valence-corrected chi connectivity index (χ0v) is 18.6. The average Bonchev–Trinajstić information content (AvgIpc) is 3.23. The van der Waals surface area contributed by atoms with E-state index in [1.807, 2.05) is 0 Å². The van der Waals surface area contributed by atoms with Gasteiger partial charge >= 0.3 is 5.97 Å². The number of hydrogen-bond donors (Lipinski definition) is 1. The van der Waals surface area contributed by atoms with Crippen LogP contribution in [-0.2, 0) is 16.1 Å². The van der Waals surface area contributed by atoms with Crippen LogP contribution >= 0.6 is 0 Å². The van der Waals surface area contributed by atoms with Crippen molar-refractivity contribution >= 4 is 23.5 Å². The lowest BCUT2D eigenvalue weighted by molar-refractivity contribution is -0.127. The van der Waals surface area contributed by atoms with Crippen LogP contribution in [0, 0.1) is 0 Å². The molecule has 9 nitrogen and oxygen atoms in total. The fourth-order valence-electron chi connectivity index (χ4n) is 4.62. The molecule has 0 radical (unpaired) electrons. The summed E-state index contributed by atoms with van der Waals surface area (Å²) in [5, 5.41) is 3.16. The molecule has 2 aliphatic rings. The number of rotatable bonds is 5. The number of esters is 1. The summed E-state index contributed by atoms with van der Waals surface area (Å²) in [6.07, 6.45) is 6.60. The van der Waals surface area contributed by atoms with E-state index in [2.05, 4.69) is 10.3 Å². The molecule has 1 fully saturated rings. The smallest absolute Gasteiger partial charge is 0.359 e. The molecule has 2 heterocycles. The molecule has 1 N–H and O–H groups in total. The monoisotopic (exact) mass is 440 g/mol. The molecule has 2 amide bonds. The summed E-state index contributed by atoms with van der Waals surface area (Å²) in [7, 11) is 2.78. The number of nitrogens with zero attached hydrogens (tertiary/aromatic N) is 3. The van der Waals surface area contributed by atoms with E-state index in [1.165, 1.54) is 31.9 Å². The minimum absolute atomic E-state index is 0.0693. The van der Waals surface area contributed by atoms with Crippen LogP contribution in [-0.4, -0.2) is 53.1 Å². The molecular weight excluding hydrogens is 412 g/mol. The number of carbonyl (C=O) groups excluding carboxylic acids is 3. The lowest BCUT2D eigenvalue weighted by Gasteiger charge is -2.44. The van der Waals surface area contributed by atoms with Gasteiger partial charge in [-0.05, 0) is 31.9 Å². The van der Waals surface area contributed by atoms with Gasteiger partial charge in [0.05, 0.1) is 27.1 Å². The van der Waals surface area contributed by atoms with Gasteiger partial charge < -0.3 is 19.4 Å². The zero-order chi connectivity index (χ0) is 22.9. The molecule has 1 atom stereocenters. The number of aromatic nitrogens is 2. The van der Waals surface area contributed by atoms with Crippen LogP contribution in [0.15, 0.2) is 30.6 Å². The Morgan fingerprint density at radius 2 is 1.94 bits per heavy atom. The molecule has 0 unspecified atom stereocenters. The van der Waals surface area contributed by atoms with E-state index in [-0.39, 0.29) is 29.9 Å². The third-order valence-corrected chi connectivity index (χ3v) is 6.33. The summed E-state index contributed by atoms with van der Waals surface area (Å²) in [6, 6.07) is 7.06. The van der Waals surface area contributed by atoms with E-state index < -0.39 is 17.4 Å². The lowest BCUT2D eigenvalue weighted by atomic mass is 9.90. The van der Waals surface area contributed by atoms with Gasteiger partial charge in [-0.25, -0.2) is 9.78 Å². The minimum atomic E-state index is -1.23. The molecule has 9 heteroatoms. The highest BCUT2D eigenvalue weighted by Gasteiger charge is 2.50. The van der Waals surface area contributed by atoms with Gasteiger partial charge in [-0.3, -0.25) is 14.5 Å². The number of methoxy groups -OCH3 is 2. The number of benzene rings is 1. The predicted molar refractivity (Wildman–Crippen MR) is 117 cm³/mol. The highest BCUT2D eigenvalue weighted by atomic mass is 16.5. The summed E-state index contributed by atoms with van der Waals surface area (Å²) in [6.45, 7) is 1.89. The van der Waals surface area contributed by atoms with Crippen LogP contribution in [0.3, 0.4) is 0 Å². The maximum atomic E-state index is 13.8. The second-order valence-electron chi connectivity index (χ2n) is 8.49. The molecule has 2 aromatic rings. The highest BCUT2D eigenvalue weighted by Crippen LogP contribution is 2.35. The van der Waals surface area contributed by atoms with Crippen molar-refractivity contribution in [3.63, 3.8) is 0 Å². The quantitative estimate of drug-likeness (QED) is 0.717. The van der Waals surface area contributed by atoms with E-state index in [4.69, 9.17) is 9.47 Å². The van der Waals surface area contributed by atoms with Gasteiger partial charge in [0.1, 0.15) is 17.0 Å². The third kappa shape index (κ3) is 3.72. The van der Waals surface area contributed by atoms with Gasteiger partial charge in [0, 0.05) is 17.8 Å². The lowest BCUT2D eigenvalue weighted by Crippen LogP contribution is -2.65. The maximum absolute atomic E-state index is 13.8. The topological polar surface area (TPSA) is 103 Å². The van der Waals surface area contributed by atoms with Crippen molar-refractivity contribution in [3.05, 3.63) is 42.0 Å². The van der Waals surface area contributed by atoms with Crippen molar-refractivity contribution in [2.75, 3.05) is 19.1 Å². The minimum Gasteiger partial charge on any atom is -0.497 e. The standard InChI is InChI=1S/C23H28N4O5/c1-23(22(30)25-15-8-5-4-6-9-15)13-26-14-24-18(21(29)32-3)19(26)20(28)27(23)16-10-7-11-17(12-16)31-2/h7,10-12,14-15H,4-6,8-9,13H2,1-3H3,(H,25,30)/t23-/m0/s1. The van der Waals surface area contributed by atoms with Gasteiger partial charge in [0.2, 0.25) is 5.91 Å². The molecule has 0 bridgehead atoms. The van der Waals surface area contributed by atoms with E-state index in [0.29, 0.717) is 11.4 Å². The summed E-state index contributed by atoms with van der Waals surface area (Å²) in [4.78, 5) is 45.2. The molecule has 1 aromatic carbocycles. The Morgan fingerprint density at radius 3 is 2.62 bits per heavy atom. The Kier molecular flexibility index (Phi) is 5.90. The Bertz CT molecular complexity index is 1040. The first-order valence-electron chi connectivity index (χ1n) is 10.8. The molecule has 1 aliphatic heterocycles. The highest BCUT2D eigenvalue weighted by molar-refractivity contribution is 6.15. The number of amides is 2. The molecule has 1 saturated carbocycles. The largest absolute Gasteiger partial charge is 0.497 e. The summed E-state index contributed by atoms with van der Waals surface area (Å²) in [5.74, 6) is -0.881. The van der Waals surface area contributed by atoms with Crippen molar-refractivity contribution in [2.45, 2.75) is 57.2 Å². The van der Waals surface area contributed by atoms with Gasteiger partial charge in [-0.1, -0.05) is 25.3 Å². The Balaban J connectivity index is 1.79. The van der Waals surface area contributed by atoms with Crippen molar-refractivity contribution in [2.24, 2.45) is 0 Å². The first kappa shape index (κ1) is 21.9. The van der Waals surface area contributed by atoms with Crippen LogP contribution in [0.2, 0.25) is 0 Å². The van der Waals surface area contributed by atoms with E-state index in [1.54, 1.807) is 35.8 Å². The second-order valence-corrected chi connectivity index (χ2v) is 8.49. The fourth-order valence-corrected chi connectivity index (χ4v) is 4.62. The van der Waals surface area contributed by atoms with Crippen LogP contribution in [0.4, 0.5) is 5.69 Å². The van der Waals surface area contributed by atoms with Crippen molar-refractivity contribution in [3.8, 4) is 5.75 Å². The molecule has 170 valence electrons. The molecule has 32 heavy (non-hydrogen) atoms. The predicted octanol–water partition coefficient (Wildman–Crippen LogP) is 2.55.